The maximum Gasteiger partial charge on any atom is 0.135 e. The van der Waals surface area contributed by atoms with Gasteiger partial charge in [-0.3, -0.25) is 0 Å². The van der Waals surface area contributed by atoms with Gasteiger partial charge in [-0.1, -0.05) is 79.7 Å². The first kappa shape index (κ1) is 17.8. The first-order valence-electron chi connectivity index (χ1n) is 11.3. The van der Waals surface area contributed by atoms with E-state index < -0.39 is 0 Å². The summed E-state index contributed by atoms with van der Waals surface area (Å²) >= 11 is 0. The SMILES string of the molecule is CC1CC=Cc2c1c1ccccc1c1ccc(-c3ccc4oc5ccccc5c4c3)cc21. The Balaban J connectivity index is 1.52. The normalized spacial score (nSPS) is 15.7. The zero-order valence-corrected chi connectivity index (χ0v) is 17.9. The molecule has 0 fully saturated rings. The van der Waals surface area contributed by atoms with Crippen molar-refractivity contribution >= 4 is 49.6 Å². The lowest BCUT2D eigenvalue weighted by molar-refractivity contribution is 0.669. The number of hydrogen-bond acceptors (Lipinski definition) is 1. The fourth-order valence-electron chi connectivity index (χ4n) is 5.55. The van der Waals surface area contributed by atoms with Gasteiger partial charge in [-0.25, -0.2) is 0 Å². The van der Waals surface area contributed by atoms with Gasteiger partial charge in [0.1, 0.15) is 11.2 Å². The molecule has 6 aromatic rings. The molecule has 1 aliphatic rings. The molecular formula is C31H22O. The molecule has 0 spiro atoms. The number of benzene rings is 5. The molecule has 1 aliphatic carbocycles. The molecule has 0 N–H and O–H groups in total. The van der Waals surface area contributed by atoms with Gasteiger partial charge in [-0.15, -0.1) is 0 Å². The van der Waals surface area contributed by atoms with Gasteiger partial charge in [-0.05, 0) is 80.4 Å². The van der Waals surface area contributed by atoms with E-state index in [4.69, 9.17) is 4.42 Å². The van der Waals surface area contributed by atoms with Gasteiger partial charge >= 0.3 is 0 Å². The van der Waals surface area contributed by atoms with Crippen LogP contribution in [-0.4, -0.2) is 0 Å². The maximum absolute atomic E-state index is 6.04. The minimum Gasteiger partial charge on any atom is -0.456 e. The Labute approximate surface area is 186 Å². The second kappa shape index (κ2) is 6.58. The number of rotatable bonds is 1. The average Bonchev–Trinajstić information content (AvgIpc) is 3.22. The lowest BCUT2D eigenvalue weighted by Gasteiger charge is -2.23. The molecule has 0 bridgehead atoms. The van der Waals surface area contributed by atoms with E-state index in [-0.39, 0.29) is 0 Å². The van der Waals surface area contributed by atoms with Crippen molar-refractivity contribution in [2.75, 3.05) is 0 Å². The molecule has 0 radical (unpaired) electrons. The van der Waals surface area contributed by atoms with Crippen LogP contribution in [0.3, 0.4) is 0 Å². The van der Waals surface area contributed by atoms with E-state index in [0.717, 1.165) is 17.6 Å². The third kappa shape index (κ3) is 2.45. The van der Waals surface area contributed by atoms with Crippen LogP contribution in [0.2, 0.25) is 0 Å². The monoisotopic (exact) mass is 410 g/mol. The second-order valence-electron chi connectivity index (χ2n) is 8.98. The Morgan fingerprint density at radius 2 is 1.28 bits per heavy atom. The molecule has 1 atom stereocenters. The lowest BCUT2D eigenvalue weighted by atomic mass is 9.81. The van der Waals surface area contributed by atoms with E-state index in [0.29, 0.717) is 5.92 Å². The highest BCUT2D eigenvalue weighted by Crippen LogP contribution is 2.42. The fourth-order valence-corrected chi connectivity index (χ4v) is 5.55. The molecule has 0 aliphatic heterocycles. The van der Waals surface area contributed by atoms with Crippen LogP contribution in [0.25, 0.3) is 60.7 Å². The molecular weight excluding hydrogens is 388 g/mol. The van der Waals surface area contributed by atoms with Gasteiger partial charge in [0.25, 0.3) is 0 Å². The predicted molar refractivity (Wildman–Crippen MR) is 136 cm³/mol. The highest BCUT2D eigenvalue weighted by Gasteiger charge is 2.20. The van der Waals surface area contributed by atoms with Crippen LogP contribution in [0.15, 0.2) is 95.4 Å². The van der Waals surface area contributed by atoms with Crippen molar-refractivity contribution in [3.63, 3.8) is 0 Å². The molecule has 1 heterocycles. The fraction of sp³-hybridized carbons (Fsp3) is 0.0968. The largest absolute Gasteiger partial charge is 0.456 e. The van der Waals surface area contributed by atoms with Gasteiger partial charge < -0.3 is 4.42 Å². The predicted octanol–water partition coefficient (Wildman–Crippen LogP) is 9.08. The number of fused-ring (bicyclic) bond motifs is 9. The van der Waals surface area contributed by atoms with Crippen LogP contribution in [0, 0.1) is 0 Å². The number of hydrogen-bond donors (Lipinski definition) is 0. The summed E-state index contributed by atoms with van der Waals surface area (Å²) in [6.07, 6.45) is 5.77. The number of furan rings is 1. The summed E-state index contributed by atoms with van der Waals surface area (Å²) in [5.74, 6) is 0.529. The van der Waals surface area contributed by atoms with Crippen molar-refractivity contribution in [1.82, 2.24) is 0 Å². The summed E-state index contributed by atoms with van der Waals surface area (Å²) < 4.78 is 6.04. The zero-order valence-electron chi connectivity index (χ0n) is 17.9. The van der Waals surface area contributed by atoms with Crippen molar-refractivity contribution in [1.29, 1.82) is 0 Å². The van der Waals surface area contributed by atoms with Crippen LogP contribution < -0.4 is 0 Å². The molecule has 1 aromatic heterocycles. The summed E-state index contributed by atoms with van der Waals surface area (Å²) in [7, 11) is 0. The molecule has 0 saturated carbocycles. The quantitative estimate of drug-likeness (QED) is 0.246. The number of allylic oxidation sites excluding steroid dienone is 1. The molecule has 0 saturated heterocycles. The first-order chi connectivity index (χ1) is 15.8. The van der Waals surface area contributed by atoms with Crippen LogP contribution in [0.5, 0.6) is 0 Å². The van der Waals surface area contributed by atoms with Crippen molar-refractivity contribution < 1.29 is 4.42 Å². The van der Waals surface area contributed by atoms with E-state index >= 15 is 0 Å². The molecule has 32 heavy (non-hydrogen) atoms. The van der Waals surface area contributed by atoms with Crippen molar-refractivity contribution in [2.24, 2.45) is 0 Å². The zero-order chi connectivity index (χ0) is 21.2. The summed E-state index contributed by atoms with van der Waals surface area (Å²) in [6.45, 7) is 2.35. The summed E-state index contributed by atoms with van der Waals surface area (Å²) in [6, 6.07) is 30.7. The smallest absolute Gasteiger partial charge is 0.135 e. The second-order valence-corrected chi connectivity index (χ2v) is 8.98. The van der Waals surface area contributed by atoms with E-state index in [1.165, 1.54) is 54.6 Å². The standard InChI is InChI=1S/C31H22O/c1-19-7-6-11-26-27-17-20(13-15-23(27)22-8-2-3-10-25(22)31(19)26)21-14-16-30-28(18-21)24-9-4-5-12-29(24)32-30/h2-6,8-19H,7H2,1H3. The van der Waals surface area contributed by atoms with Gasteiger partial charge in [0.05, 0.1) is 0 Å². The Morgan fingerprint density at radius 3 is 2.16 bits per heavy atom. The summed E-state index contributed by atoms with van der Waals surface area (Å²) in [5, 5.41) is 7.77. The third-order valence-corrected chi connectivity index (χ3v) is 7.08. The van der Waals surface area contributed by atoms with Crippen LogP contribution >= 0.6 is 0 Å². The van der Waals surface area contributed by atoms with E-state index in [1.807, 2.05) is 12.1 Å². The van der Waals surface area contributed by atoms with Gasteiger partial charge in [0.15, 0.2) is 0 Å². The molecule has 5 aromatic carbocycles. The minimum atomic E-state index is 0.529. The Hall–Kier alpha value is -3.84. The first-order valence-corrected chi connectivity index (χ1v) is 11.3. The Kier molecular flexibility index (Phi) is 3.66. The topological polar surface area (TPSA) is 13.1 Å². The van der Waals surface area contributed by atoms with E-state index in [1.54, 1.807) is 0 Å². The molecule has 1 heteroatoms. The highest BCUT2D eigenvalue weighted by molar-refractivity contribution is 6.14. The van der Waals surface area contributed by atoms with Gasteiger partial charge in [0, 0.05) is 10.8 Å². The van der Waals surface area contributed by atoms with Crippen molar-refractivity contribution in [3.8, 4) is 11.1 Å². The molecule has 1 unspecified atom stereocenters. The molecule has 152 valence electrons. The van der Waals surface area contributed by atoms with E-state index in [9.17, 15) is 0 Å². The minimum absolute atomic E-state index is 0.529. The van der Waals surface area contributed by atoms with Gasteiger partial charge in [-0.2, -0.15) is 0 Å². The van der Waals surface area contributed by atoms with Crippen molar-refractivity contribution in [3.05, 3.63) is 102 Å². The molecule has 7 rings (SSSR count). The number of para-hydroxylation sites is 1. The average molecular weight is 411 g/mol. The highest BCUT2D eigenvalue weighted by atomic mass is 16.3. The molecule has 0 amide bonds. The maximum atomic E-state index is 6.04. The van der Waals surface area contributed by atoms with Crippen LogP contribution in [0.1, 0.15) is 30.4 Å². The van der Waals surface area contributed by atoms with Gasteiger partial charge in [0.2, 0.25) is 0 Å². The van der Waals surface area contributed by atoms with E-state index in [2.05, 4.69) is 91.9 Å². The molecule has 1 nitrogen and oxygen atoms in total. The van der Waals surface area contributed by atoms with Crippen molar-refractivity contribution in [2.45, 2.75) is 19.3 Å². The Bertz CT molecular complexity index is 1710. The summed E-state index contributed by atoms with van der Waals surface area (Å²) in [4.78, 5) is 0. The third-order valence-electron chi connectivity index (χ3n) is 7.08. The van der Waals surface area contributed by atoms with Crippen LogP contribution in [-0.2, 0) is 0 Å². The Morgan fingerprint density at radius 1 is 0.625 bits per heavy atom. The van der Waals surface area contributed by atoms with Crippen LogP contribution in [0.4, 0.5) is 0 Å². The lowest BCUT2D eigenvalue weighted by Crippen LogP contribution is -2.02. The summed E-state index contributed by atoms with van der Waals surface area (Å²) in [5.41, 5.74) is 7.22.